The Morgan fingerprint density at radius 2 is 1.88 bits per heavy atom. The van der Waals surface area contributed by atoms with Crippen molar-refractivity contribution in [1.82, 2.24) is 24.6 Å². The molecular formula is C22H23N7O5. The third-order valence-corrected chi connectivity index (χ3v) is 5.12. The molecule has 0 aliphatic carbocycles. The van der Waals surface area contributed by atoms with Crippen molar-refractivity contribution in [2.45, 2.75) is 13.1 Å². The van der Waals surface area contributed by atoms with E-state index in [-0.39, 0.29) is 42.9 Å². The largest absolute Gasteiger partial charge is 0.459 e. The van der Waals surface area contributed by atoms with E-state index in [1.165, 1.54) is 17.9 Å². The molecule has 0 aliphatic heterocycles. The second-order valence-corrected chi connectivity index (χ2v) is 7.67. The van der Waals surface area contributed by atoms with Gasteiger partial charge >= 0.3 is 5.69 Å². The quantitative estimate of drug-likeness (QED) is 0.386. The van der Waals surface area contributed by atoms with Crippen molar-refractivity contribution < 1.29 is 13.6 Å². The molecule has 12 heteroatoms. The van der Waals surface area contributed by atoms with E-state index >= 15 is 0 Å². The van der Waals surface area contributed by atoms with Gasteiger partial charge in [-0.1, -0.05) is 30.3 Å². The van der Waals surface area contributed by atoms with Crippen molar-refractivity contribution in [3.63, 3.8) is 0 Å². The first-order valence-electron chi connectivity index (χ1n) is 10.3. The summed E-state index contributed by atoms with van der Waals surface area (Å²) < 4.78 is 12.0. The van der Waals surface area contributed by atoms with E-state index in [9.17, 15) is 14.4 Å². The minimum absolute atomic E-state index is 0.0777. The number of carbonyl (C=O) groups excluding carboxylic acids is 1. The lowest BCUT2D eigenvalue weighted by molar-refractivity contribution is -0.119. The van der Waals surface area contributed by atoms with Crippen LogP contribution in [0, 0.1) is 0 Å². The standard InChI is InChI=1S/C22H23N7O5/c1-27(12-16-25-26-21(34-16)15-9-6-10-33-15)13-17(30)28(2)18-19(23)29(22(32)24-20(18)31)11-14-7-4-3-5-8-14/h3-10H,11-13,23H2,1-2H3,(H,24,31,32). The molecule has 34 heavy (non-hydrogen) atoms. The number of anilines is 2. The van der Waals surface area contributed by atoms with Crippen molar-refractivity contribution in [1.29, 1.82) is 0 Å². The van der Waals surface area contributed by atoms with Crippen LogP contribution >= 0.6 is 0 Å². The van der Waals surface area contributed by atoms with Crippen LogP contribution in [-0.4, -0.2) is 51.2 Å². The van der Waals surface area contributed by atoms with E-state index < -0.39 is 17.2 Å². The zero-order valence-electron chi connectivity index (χ0n) is 18.6. The summed E-state index contributed by atoms with van der Waals surface area (Å²) >= 11 is 0. The van der Waals surface area contributed by atoms with Crippen molar-refractivity contribution in [3.05, 3.63) is 81.0 Å². The van der Waals surface area contributed by atoms with E-state index in [2.05, 4.69) is 15.2 Å². The fourth-order valence-electron chi connectivity index (χ4n) is 3.39. The monoisotopic (exact) mass is 465 g/mol. The van der Waals surface area contributed by atoms with E-state index in [4.69, 9.17) is 14.6 Å². The number of carbonyl (C=O) groups is 1. The maximum atomic E-state index is 12.9. The molecule has 12 nitrogen and oxygen atoms in total. The number of benzene rings is 1. The predicted molar refractivity (Wildman–Crippen MR) is 123 cm³/mol. The average Bonchev–Trinajstić information content (AvgIpc) is 3.49. The predicted octanol–water partition coefficient (Wildman–Crippen LogP) is 0.905. The molecule has 1 amide bonds. The molecule has 0 fully saturated rings. The Labute approximate surface area is 193 Å². The molecule has 3 aromatic heterocycles. The Balaban J connectivity index is 1.48. The van der Waals surface area contributed by atoms with Gasteiger partial charge in [-0.05, 0) is 24.7 Å². The maximum absolute atomic E-state index is 12.9. The van der Waals surface area contributed by atoms with Crippen LogP contribution in [-0.2, 0) is 17.9 Å². The minimum Gasteiger partial charge on any atom is -0.459 e. The minimum atomic E-state index is -0.745. The lowest BCUT2D eigenvalue weighted by atomic mass is 10.2. The SMILES string of the molecule is CN(CC(=O)N(C)c1c(N)n(Cc2ccccc2)c(=O)[nH]c1=O)Cc1nnc(-c2ccco2)o1. The molecule has 0 unspecified atom stereocenters. The van der Waals surface area contributed by atoms with Gasteiger partial charge in [0.05, 0.1) is 25.9 Å². The lowest BCUT2D eigenvalue weighted by Gasteiger charge is -2.22. The van der Waals surface area contributed by atoms with Crippen molar-refractivity contribution in [3.8, 4) is 11.7 Å². The number of aromatic nitrogens is 4. The van der Waals surface area contributed by atoms with Crippen LogP contribution in [0.25, 0.3) is 11.7 Å². The second-order valence-electron chi connectivity index (χ2n) is 7.67. The molecule has 4 rings (SSSR count). The molecule has 4 aromatic rings. The summed E-state index contributed by atoms with van der Waals surface area (Å²) in [5, 5.41) is 7.88. The molecule has 0 saturated carbocycles. The van der Waals surface area contributed by atoms with Gasteiger partial charge in [0, 0.05) is 7.05 Å². The highest BCUT2D eigenvalue weighted by Gasteiger charge is 2.23. The number of nitrogens with two attached hydrogens (primary N) is 1. The summed E-state index contributed by atoms with van der Waals surface area (Å²) in [4.78, 5) is 42.8. The molecule has 1 aromatic carbocycles. The first-order valence-corrected chi connectivity index (χ1v) is 10.3. The highest BCUT2D eigenvalue weighted by molar-refractivity contribution is 5.96. The number of hydrogen-bond donors (Lipinski definition) is 2. The van der Waals surface area contributed by atoms with Crippen LogP contribution in [0.4, 0.5) is 11.5 Å². The molecule has 0 spiro atoms. The normalized spacial score (nSPS) is 11.1. The van der Waals surface area contributed by atoms with Crippen molar-refractivity contribution in [2.75, 3.05) is 31.3 Å². The highest BCUT2D eigenvalue weighted by atomic mass is 16.4. The molecule has 0 saturated heterocycles. The number of amides is 1. The Hall–Kier alpha value is -4.45. The second kappa shape index (κ2) is 9.58. The number of H-pyrrole nitrogens is 1. The summed E-state index contributed by atoms with van der Waals surface area (Å²) in [6.07, 6.45) is 1.50. The first-order chi connectivity index (χ1) is 16.3. The number of rotatable bonds is 8. The summed E-state index contributed by atoms with van der Waals surface area (Å²) in [7, 11) is 3.11. The van der Waals surface area contributed by atoms with E-state index in [1.807, 2.05) is 30.3 Å². The fraction of sp³-hybridized carbons (Fsp3) is 0.227. The van der Waals surface area contributed by atoms with Crippen LogP contribution in [0.1, 0.15) is 11.5 Å². The number of nitrogens with one attached hydrogen (secondary N) is 1. The fourth-order valence-corrected chi connectivity index (χ4v) is 3.39. The molecule has 0 radical (unpaired) electrons. The Kier molecular flexibility index (Phi) is 6.41. The van der Waals surface area contributed by atoms with Crippen LogP contribution < -0.4 is 21.9 Å². The molecule has 0 aliphatic rings. The number of likely N-dealkylation sites (N-methyl/N-ethyl adjacent to an activating group) is 2. The van der Waals surface area contributed by atoms with Crippen LogP contribution in [0.2, 0.25) is 0 Å². The number of hydrogen-bond acceptors (Lipinski definition) is 9. The summed E-state index contributed by atoms with van der Waals surface area (Å²) in [6, 6.07) is 12.6. The van der Waals surface area contributed by atoms with Crippen LogP contribution in [0.5, 0.6) is 0 Å². The van der Waals surface area contributed by atoms with Gasteiger partial charge in [-0.15, -0.1) is 10.2 Å². The van der Waals surface area contributed by atoms with Crippen LogP contribution in [0.3, 0.4) is 0 Å². The highest BCUT2D eigenvalue weighted by Crippen LogP contribution is 2.19. The maximum Gasteiger partial charge on any atom is 0.330 e. The Morgan fingerprint density at radius 3 is 2.59 bits per heavy atom. The molecule has 176 valence electrons. The third kappa shape index (κ3) is 4.81. The van der Waals surface area contributed by atoms with Gasteiger partial charge in [0.25, 0.3) is 11.4 Å². The van der Waals surface area contributed by atoms with Gasteiger partial charge in [0.15, 0.2) is 11.4 Å². The van der Waals surface area contributed by atoms with Gasteiger partial charge in [0.2, 0.25) is 11.8 Å². The number of furan rings is 1. The van der Waals surface area contributed by atoms with E-state index in [1.54, 1.807) is 24.1 Å². The average molecular weight is 465 g/mol. The number of nitrogen functional groups attached to an aromatic ring is 1. The summed E-state index contributed by atoms with van der Waals surface area (Å²) in [5.41, 5.74) is 5.48. The molecule has 0 atom stereocenters. The number of nitrogens with zero attached hydrogens (tertiary/aromatic N) is 5. The third-order valence-electron chi connectivity index (χ3n) is 5.12. The van der Waals surface area contributed by atoms with Gasteiger partial charge in [-0.25, -0.2) is 4.79 Å². The molecule has 3 N–H and O–H groups in total. The lowest BCUT2D eigenvalue weighted by Crippen LogP contribution is -2.42. The van der Waals surface area contributed by atoms with E-state index in [0.29, 0.717) is 5.76 Å². The zero-order chi connectivity index (χ0) is 24.2. The van der Waals surface area contributed by atoms with Gasteiger partial charge in [0.1, 0.15) is 5.82 Å². The van der Waals surface area contributed by atoms with Crippen molar-refractivity contribution >= 4 is 17.4 Å². The topological polar surface area (TPSA) is 156 Å². The summed E-state index contributed by atoms with van der Waals surface area (Å²) in [5.74, 6) is 0.443. The molecule has 0 bridgehead atoms. The zero-order valence-corrected chi connectivity index (χ0v) is 18.6. The Bertz CT molecular complexity index is 1390. The van der Waals surface area contributed by atoms with E-state index in [0.717, 1.165) is 10.5 Å². The molecular weight excluding hydrogens is 442 g/mol. The number of aromatic amines is 1. The van der Waals surface area contributed by atoms with Crippen LogP contribution in [0.15, 0.2) is 67.2 Å². The Morgan fingerprint density at radius 1 is 1.12 bits per heavy atom. The van der Waals surface area contributed by atoms with Gasteiger partial charge in [-0.3, -0.25) is 24.0 Å². The van der Waals surface area contributed by atoms with Crippen molar-refractivity contribution in [2.24, 2.45) is 0 Å². The smallest absolute Gasteiger partial charge is 0.330 e. The van der Waals surface area contributed by atoms with Gasteiger partial charge < -0.3 is 19.5 Å². The first kappa shape index (κ1) is 22.7. The summed E-state index contributed by atoms with van der Waals surface area (Å²) in [6.45, 7) is 0.255. The molecule has 3 heterocycles. The van der Waals surface area contributed by atoms with Gasteiger partial charge in [-0.2, -0.15) is 0 Å².